The highest BCUT2D eigenvalue weighted by Gasteiger charge is 2.30. The summed E-state index contributed by atoms with van der Waals surface area (Å²) in [5, 5.41) is 30.5. The molecule has 1 saturated heterocycles. The maximum atomic E-state index is 12.0. The lowest BCUT2D eigenvalue weighted by atomic mass is 10.1. The molecule has 2 aromatic carbocycles. The molecule has 1 aliphatic rings. The fourth-order valence-electron chi connectivity index (χ4n) is 2.26. The molecule has 132 valence electrons. The number of carbonyl (C=O) groups excluding carboxylic acids is 1. The second-order valence-corrected chi connectivity index (χ2v) is 6.66. The third kappa shape index (κ3) is 4.45. The standard InChI is InChI=1S/C17H14N4O4S/c22-14-7-3-12(4-8-14)10-18-20-17-19-16(23)15(26-17)9-11-1-5-13(6-2-11)21(24)25/h1-8,10,15,22H,9H2,(H,19,20,23). The van der Waals surface area contributed by atoms with Crippen LogP contribution >= 0.6 is 11.8 Å². The van der Waals surface area contributed by atoms with Crippen LogP contribution in [0.4, 0.5) is 5.69 Å². The third-order valence-electron chi connectivity index (χ3n) is 3.59. The van der Waals surface area contributed by atoms with Gasteiger partial charge in [0.2, 0.25) is 5.91 Å². The summed E-state index contributed by atoms with van der Waals surface area (Å²) in [5.41, 5.74) is 1.61. The van der Waals surface area contributed by atoms with Gasteiger partial charge in [0.05, 0.1) is 16.4 Å². The number of aromatic hydroxyl groups is 1. The average molecular weight is 370 g/mol. The molecular formula is C17H14N4O4S. The van der Waals surface area contributed by atoms with Crippen LogP contribution in [-0.4, -0.2) is 32.6 Å². The van der Waals surface area contributed by atoms with Gasteiger partial charge in [-0.3, -0.25) is 14.9 Å². The van der Waals surface area contributed by atoms with Gasteiger partial charge in [-0.1, -0.05) is 23.9 Å². The number of thioether (sulfide) groups is 1. The van der Waals surface area contributed by atoms with Gasteiger partial charge in [0.15, 0.2) is 5.17 Å². The van der Waals surface area contributed by atoms with Gasteiger partial charge in [0.1, 0.15) is 5.75 Å². The Morgan fingerprint density at radius 3 is 2.54 bits per heavy atom. The molecule has 0 radical (unpaired) electrons. The van der Waals surface area contributed by atoms with Gasteiger partial charge in [0, 0.05) is 12.1 Å². The molecular weight excluding hydrogens is 356 g/mol. The molecule has 0 aliphatic carbocycles. The molecule has 1 amide bonds. The van der Waals surface area contributed by atoms with E-state index in [0.29, 0.717) is 11.6 Å². The van der Waals surface area contributed by atoms with Gasteiger partial charge >= 0.3 is 0 Å². The van der Waals surface area contributed by atoms with Crippen LogP contribution in [0.1, 0.15) is 11.1 Å². The minimum absolute atomic E-state index is 0.0168. The zero-order valence-corrected chi connectivity index (χ0v) is 14.2. The maximum absolute atomic E-state index is 12.0. The lowest BCUT2D eigenvalue weighted by Crippen LogP contribution is -2.25. The predicted molar refractivity (Wildman–Crippen MR) is 99.5 cm³/mol. The quantitative estimate of drug-likeness (QED) is 0.476. The smallest absolute Gasteiger partial charge is 0.269 e. The number of amides is 1. The van der Waals surface area contributed by atoms with Gasteiger partial charge in [-0.05, 0) is 41.8 Å². The number of phenolic OH excluding ortho intramolecular Hbond substituents is 1. The molecule has 0 spiro atoms. The second-order valence-electron chi connectivity index (χ2n) is 5.46. The molecule has 1 atom stereocenters. The average Bonchev–Trinajstić information content (AvgIpc) is 2.97. The Kier molecular flexibility index (Phi) is 5.28. The van der Waals surface area contributed by atoms with Crippen LogP contribution in [0, 0.1) is 10.1 Å². The van der Waals surface area contributed by atoms with Crippen LogP contribution in [0.25, 0.3) is 0 Å². The first kappa shape index (κ1) is 17.6. The summed E-state index contributed by atoms with van der Waals surface area (Å²) in [6.07, 6.45) is 1.96. The maximum Gasteiger partial charge on any atom is 0.269 e. The van der Waals surface area contributed by atoms with E-state index in [1.54, 1.807) is 36.4 Å². The van der Waals surface area contributed by atoms with Crippen LogP contribution in [0.3, 0.4) is 0 Å². The number of hydrogen-bond donors (Lipinski definition) is 2. The first-order valence-electron chi connectivity index (χ1n) is 7.62. The van der Waals surface area contributed by atoms with Crippen LogP contribution in [0.15, 0.2) is 58.7 Å². The molecule has 1 unspecified atom stereocenters. The number of amidine groups is 1. The molecule has 26 heavy (non-hydrogen) atoms. The Hall–Kier alpha value is -3.20. The molecule has 9 heteroatoms. The Bertz CT molecular complexity index is 879. The van der Waals surface area contributed by atoms with Crippen molar-refractivity contribution in [1.82, 2.24) is 5.32 Å². The van der Waals surface area contributed by atoms with Crippen molar-refractivity contribution in [3.05, 3.63) is 69.8 Å². The summed E-state index contributed by atoms with van der Waals surface area (Å²) in [7, 11) is 0. The first-order valence-corrected chi connectivity index (χ1v) is 8.50. The highest BCUT2D eigenvalue weighted by Crippen LogP contribution is 2.24. The fraction of sp³-hybridized carbons (Fsp3) is 0.118. The Labute approximate surface area is 152 Å². The van der Waals surface area contributed by atoms with Crippen molar-refractivity contribution >= 4 is 34.7 Å². The minimum atomic E-state index is -0.461. The van der Waals surface area contributed by atoms with Crippen molar-refractivity contribution in [3.8, 4) is 5.75 Å². The fourth-order valence-corrected chi connectivity index (χ4v) is 3.23. The van der Waals surface area contributed by atoms with Crippen molar-refractivity contribution < 1.29 is 14.8 Å². The summed E-state index contributed by atoms with van der Waals surface area (Å²) in [5.74, 6) is -0.00639. The summed E-state index contributed by atoms with van der Waals surface area (Å²) in [4.78, 5) is 22.2. The van der Waals surface area contributed by atoms with Gasteiger partial charge in [0.25, 0.3) is 5.69 Å². The molecule has 1 fully saturated rings. The molecule has 2 N–H and O–H groups in total. The van der Waals surface area contributed by atoms with Gasteiger partial charge < -0.3 is 10.4 Å². The Morgan fingerprint density at radius 2 is 1.88 bits per heavy atom. The van der Waals surface area contributed by atoms with E-state index in [9.17, 15) is 20.0 Å². The zero-order valence-electron chi connectivity index (χ0n) is 13.4. The van der Waals surface area contributed by atoms with Crippen LogP contribution in [0.5, 0.6) is 5.75 Å². The highest BCUT2D eigenvalue weighted by atomic mass is 32.2. The number of nitrogens with zero attached hydrogens (tertiary/aromatic N) is 3. The SMILES string of the molecule is O=C1NC(=NN=Cc2ccc(O)cc2)SC1Cc1ccc([N+](=O)[O-])cc1. The van der Waals surface area contributed by atoms with E-state index in [-0.39, 0.29) is 22.6 Å². The van der Waals surface area contributed by atoms with Crippen molar-refractivity contribution in [2.45, 2.75) is 11.7 Å². The van der Waals surface area contributed by atoms with Crippen LogP contribution < -0.4 is 5.32 Å². The van der Waals surface area contributed by atoms with Gasteiger partial charge in [-0.2, -0.15) is 5.10 Å². The lowest BCUT2D eigenvalue weighted by molar-refractivity contribution is -0.384. The van der Waals surface area contributed by atoms with E-state index in [2.05, 4.69) is 15.5 Å². The molecule has 0 saturated carbocycles. The van der Waals surface area contributed by atoms with E-state index >= 15 is 0 Å². The van der Waals surface area contributed by atoms with E-state index in [0.717, 1.165) is 11.1 Å². The molecule has 1 aliphatic heterocycles. The Morgan fingerprint density at radius 1 is 1.19 bits per heavy atom. The van der Waals surface area contributed by atoms with Crippen molar-refractivity contribution in [3.63, 3.8) is 0 Å². The van der Waals surface area contributed by atoms with E-state index in [1.807, 2.05) is 0 Å². The molecule has 0 aromatic heterocycles. The van der Waals surface area contributed by atoms with Crippen LogP contribution in [0.2, 0.25) is 0 Å². The Balaban J connectivity index is 1.60. The number of nitro groups is 1. The number of carbonyl (C=O) groups is 1. The van der Waals surface area contributed by atoms with Gasteiger partial charge in [-0.25, -0.2) is 0 Å². The summed E-state index contributed by atoms with van der Waals surface area (Å²) >= 11 is 1.26. The third-order valence-corrected chi connectivity index (χ3v) is 4.67. The van der Waals surface area contributed by atoms with E-state index in [4.69, 9.17) is 0 Å². The number of phenols is 1. The first-order chi connectivity index (χ1) is 12.5. The summed E-state index contributed by atoms with van der Waals surface area (Å²) in [6, 6.07) is 12.6. The van der Waals surface area contributed by atoms with Crippen molar-refractivity contribution in [2.75, 3.05) is 0 Å². The number of nitrogens with one attached hydrogen (secondary N) is 1. The molecule has 1 heterocycles. The largest absolute Gasteiger partial charge is 0.508 e. The van der Waals surface area contributed by atoms with Crippen molar-refractivity contribution in [1.29, 1.82) is 0 Å². The second kappa shape index (κ2) is 7.79. The summed E-state index contributed by atoms with van der Waals surface area (Å²) in [6.45, 7) is 0. The number of benzene rings is 2. The molecule has 8 nitrogen and oxygen atoms in total. The van der Waals surface area contributed by atoms with E-state index < -0.39 is 4.92 Å². The van der Waals surface area contributed by atoms with E-state index in [1.165, 1.54) is 30.1 Å². The zero-order chi connectivity index (χ0) is 18.5. The molecule has 3 rings (SSSR count). The number of non-ortho nitro benzene ring substituents is 1. The number of rotatable bonds is 5. The number of hydrogen-bond acceptors (Lipinski definition) is 7. The van der Waals surface area contributed by atoms with Crippen LogP contribution in [-0.2, 0) is 11.2 Å². The molecule has 0 bridgehead atoms. The predicted octanol–water partition coefficient (Wildman–Crippen LogP) is 2.46. The monoisotopic (exact) mass is 370 g/mol. The minimum Gasteiger partial charge on any atom is -0.508 e. The topological polar surface area (TPSA) is 117 Å². The lowest BCUT2D eigenvalue weighted by Gasteiger charge is -2.04. The number of nitro benzene ring substituents is 1. The summed E-state index contributed by atoms with van der Waals surface area (Å²) < 4.78 is 0. The van der Waals surface area contributed by atoms with Gasteiger partial charge in [-0.15, -0.1) is 5.10 Å². The normalized spacial score (nSPS) is 18.4. The molecule has 2 aromatic rings. The van der Waals surface area contributed by atoms with Crippen molar-refractivity contribution in [2.24, 2.45) is 10.2 Å². The highest BCUT2D eigenvalue weighted by molar-refractivity contribution is 8.15.